The van der Waals surface area contributed by atoms with Crippen LogP contribution in [0.4, 0.5) is 4.79 Å². The number of nitriles is 1. The van der Waals surface area contributed by atoms with Crippen molar-refractivity contribution in [2.75, 3.05) is 6.54 Å². The highest BCUT2D eigenvalue weighted by Crippen LogP contribution is 2.27. The van der Waals surface area contributed by atoms with Crippen molar-refractivity contribution in [1.82, 2.24) is 9.80 Å². The number of carbonyl (C=O) groups excluding carboxylic acids is 2. The molecule has 21 heavy (non-hydrogen) atoms. The number of nitrogens with zero attached hydrogens (tertiary/aromatic N) is 3. The van der Waals surface area contributed by atoms with Gasteiger partial charge in [0, 0.05) is 6.04 Å². The van der Waals surface area contributed by atoms with Gasteiger partial charge in [-0.2, -0.15) is 5.26 Å². The van der Waals surface area contributed by atoms with Crippen molar-refractivity contribution in [2.24, 2.45) is 0 Å². The number of hydrogen-bond donors (Lipinski definition) is 0. The van der Waals surface area contributed by atoms with Crippen molar-refractivity contribution in [2.45, 2.75) is 38.3 Å². The Hall–Kier alpha value is -2.35. The molecule has 1 saturated carbocycles. The van der Waals surface area contributed by atoms with Gasteiger partial charge in [0.15, 0.2) is 0 Å². The highest BCUT2D eigenvalue weighted by Gasteiger charge is 2.40. The molecule has 0 bridgehead atoms. The van der Waals surface area contributed by atoms with E-state index in [9.17, 15) is 9.59 Å². The first kappa shape index (κ1) is 13.6. The molecule has 1 aromatic rings. The second-order valence-corrected chi connectivity index (χ2v) is 5.60. The summed E-state index contributed by atoms with van der Waals surface area (Å²) in [6.07, 6.45) is 4.23. The summed E-state index contributed by atoms with van der Waals surface area (Å²) in [5, 5.41) is 9.10. The maximum absolute atomic E-state index is 12.5. The quantitative estimate of drug-likeness (QED) is 0.799. The van der Waals surface area contributed by atoms with Crippen LogP contribution < -0.4 is 0 Å². The van der Waals surface area contributed by atoms with Gasteiger partial charge in [0.05, 0.1) is 18.2 Å². The topological polar surface area (TPSA) is 64.4 Å². The van der Waals surface area contributed by atoms with E-state index in [1.165, 1.54) is 4.90 Å². The zero-order chi connectivity index (χ0) is 14.8. The standard InChI is InChI=1S/C16H17N3O2/c17-9-12-5-1-2-6-13(12)10-19-15(20)11-18(16(19)21)14-7-3-4-8-14/h1-2,5-6,14H,3-4,7-8,10-11H2. The van der Waals surface area contributed by atoms with Crippen molar-refractivity contribution < 1.29 is 9.59 Å². The lowest BCUT2D eigenvalue weighted by atomic mass is 10.1. The van der Waals surface area contributed by atoms with Crippen LogP contribution in [0.2, 0.25) is 0 Å². The molecule has 1 aliphatic heterocycles. The van der Waals surface area contributed by atoms with Gasteiger partial charge in [0.1, 0.15) is 6.54 Å². The van der Waals surface area contributed by atoms with Crippen molar-refractivity contribution >= 4 is 11.9 Å². The van der Waals surface area contributed by atoms with Crippen molar-refractivity contribution in [3.63, 3.8) is 0 Å². The molecule has 3 rings (SSSR count). The molecule has 0 spiro atoms. The van der Waals surface area contributed by atoms with Crippen molar-refractivity contribution in [3.05, 3.63) is 35.4 Å². The lowest BCUT2D eigenvalue weighted by Gasteiger charge is -2.23. The van der Waals surface area contributed by atoms with E-state index in [2.05, 4.69) is 6.07 Å². The Morgan fingerprint density at radius 1 is 1.19 bits per heavy atom. The van der Waals surface area contributed by atoms with Crippen LogP contribution in [0.5, 0.6) is 0 Å². The van der Waals surface area contributed by atoms with Crippen LogP contribution in [0, 0.1) is 11.3 Å². The van der Waals surface area contributed by atoms with E-state index in [1.54, 1.807) is 23.1 Å². The molecule has 0 atom stereocenters. The van der Waals surface area contributed by atoms with Gasteiger partial charge in [-0.25, -0.2) is 4.79 Å². The first-order chi connectivity index (χ1) is 10.2. The number of rotatable bonds is 3. The van der Waals surface area contributed by atoms with E-state index in [-0.39, 0.29) is 31.1 Å². The molecule has 5 heteroatoms. The normalized spacial score (nSPS) is 19.4. The van der Waals surface area contributed by atoms with E-state index < -0.39 is 0 Å². The number of hydrogen-bond acceptors (Lipinski definition) is 3. The van der Waals surface area contributed by atoms with E-state index >= 15 is 0 Å². The van der Waals surface area contributed by atoms with Crippen LogP contribution in [0.25, 0.3) is 0 Å². The number of amides is 3. The van der Waals surface area contributed by atoms with Crippen LogP contribution in [0.15, 0.2) is 24.3 Å². The Bertz CT molecular complexity index is 614. The van der Waals surface area contributed by atoms with E-state index in [0.717, 1.165) is 31.2 Å². The van der Waals surface area contributed by atoms with Gasteiger partial charge in [-0.05, 0) is 24.5 Å². The minimum atomic E-state index is -0.209. The van der Waals surface area contributed by atoms with Gasteiger partial charge in [-0.15, -0.1) is 0 Å². The molecule has 0 unspecified atom stereocenters. The summed E-state index contributed by atoms with van der Waals surface area (Å²) in [6.45, 7) is 0.364. The summed E-state index contributed by atoms with van der Waals surface area (Å²) in [5.74, 6) is -0.167. The van der Waals surface area contributed by atoms with Gasteiger partial charge in [0.2, 0.25) is 0 Å². The molecule has 1 aromatic carbocycles. The van der Waals surface area contributed by atoms with Crippen molar-refractivity contribution in [1.29, 1.82) is 5.26 Å². The third-order valence-corrected chi connectivity index (χ3v) is 4.32. The van der Waals surface area contributed by atoms with Crippen LogP contribution in [0.3, 0.4) is 0 Å². The van der Waals surface area contributed by atoms with E-state index in [1.807, 2.05) is 6.07 Å². The second kappa shape index (κ2) is 5.57. The summed E-state index contributed by atoms with van der Waals surface area (Å²) in [4.78, 5) is 27.6. The molecule has 1 heterocycles. The average molecular weight is 283 g/mol. The summed E-state index contributed by atoms with van der Waals surface area (Å²) >= 11 is 0. The maximum Gasteiger partial charge on any atom is 0.327 e. The molecule has 1 saturated heterocycles. The molecule has 5 nitrogen and oxygen atoms in total. The fraction of sp³-hybridized carbons (Fsp3) is 0.438. The molecule has 0 radical (unpaired) electrons. The van der Waals surface area contributed by atoms with Gasteiger partial charge in [-0.1, -0.05) is 31.0 Å². The molecular weight excluding hydrogens is 266 g/mol. The Morgan fingerprint density at radius 3 is 2.62 bits per heavy atom. The van der Waals surface area contributed by atoms with Gasteiger partial charge in [-0.3, -0.25) is 9.69 Å². The number of imide groups is 1. The van der Waals surface area contributed by atoms with Gasteiger partial charge in [0.25, 0.3) is 5.91 Å². The fourth-order valence-electron chi connectivity index (χ4n) is 3.16. The molecule has 2 aliphatic rings. The molecule has 1 aliphatic carbocycles. The Morgan fingerprint density at radius 2 is 1.90 bits per heavy atom. The Labute approximate surface area is 123 Å². The largest absolute Gasteiger partial charge is 0.327 e. The van der Waals surface area contributed by atoms with E-state index in [4.69, 9.17) is 5.26 Å². The molecule has 108 valence electrons. The third kappa shape index (κ3) is 2.49. The highest BCUT2D eigenvalue weighted by atomic mass is 16.2. The molecule has 0 N–H and O–H groups in total. The second-order valence-electron chi connectivity index (χ2n) is 5.60. The average Bonchev–Trinajstić information content (AvgIpc) is 3.11. The highest BCUT2D eigenvalue weighted by molar-refractivity contribution is 6.02. The zero-order valence-electron chi connectivity index (χ0n) is 11.8. The third-order valence-electron chi connectivity index (χ3n) is 4.32. The first-order valence-electron chi connectivity index (χ1n) is 7.29. The molecule has 3 amide bonds. The zero-order valence-corrected chi connectivity index (χ0v) is 11.8. The summed E-state index contributed by atoms with van der Waals surface area (Å²) in [6, 6.07) is 9.19. The predicted octanol–water partition coefficient (Wildman–Crippen LogP) is 2.27. The number of urea groups is 1. The lowest BCUT2D eigenvalue weighted by molar-refractivity contribution is -0.125. The smallest absolute Gasteiger partial charge is 0.312 e. The predicted molar refractivity (Wildman–Crippen MR) is 76.1 cm³/mol. The summed E-state index contributed by atoms with van der Waals surface area (Å²) in [5.41, 5.74) is 1.23. The monoisotopic (exact) mass is 283 g/mol. The van der Waals surface area contributed by atoms with E-state index in [0.29, 0.717) is 5.56 Å². The first-order valence-corrected chi connectivity index (χ1v) is 7.29. The van der Waals surface area contributed by atoms with Crippen LogP contribution in [-0.4, -0.2) is 34.3 Å². The maximum atomic E-state index is 12.5. The Kier molecular flexibility index (Phi) is 3.61. The molecular formula is C16H17N3O2. The van der Waals surface area contributed by atoms with Gasteiger partial charge >= 0.3 is 6.03 Å². The molecule has 0 aromatic heterocycles. The minimum Gasteiger partial charge on any atom is -0.312 e. The fourth-order valence-corrected chi connectivity index (χ4v) is 3.16. The van der Waals surface area contributed by atoms with Gasteiger partial charge < -0.3 is 4.90 Å². The summed E-state index contributed by atoms with van der Waals surface area (Å²) < 4.78 is 0. The Balaban J connectivity index is 1.78. The van der Waals surface area contributed by atoms with Crippen LogP contribution >= 0.6 is 0 Å². The van der Waals surface area contributed by atoms with Crippen molar-refractivity contribution in [3.8, 4) is 6.07 Å². The SMILES string of the molecule is N#Cc1ccccc1CN1C(=O)CN(C2CCCC2)C1=O. The number of carbonyl (C=O) groups is 2. The van der Waals surface area contributed by atoms with Crippen LogP contribution in [-0.2, 0) is 11.3 Å². The lowest BCUT2D eigenvalue weighted by Crippen LogP contribution is -2.37. The number of benzene rings is 1. The molecule has 2 fully saturated rings. The summed E-state index contributed by atoms with van der Waals surface area (Å²) in [7, 11) is 0. The van der Waals surface area contributed by atoms with Crippen LogP contribution in [0.1, 0.15) is 36.8 Å². The minimum absolute atomic E-state index is 0.167.